The summed E-state index contributed by atoms with van der Waals surface area (Å²) in [4.78, 5) is 0. The smallest absolute Gasteiger partial charge is 0.139 e. The van der Waals surface area contributed by atoms with Gasteiger partial charge in [-0.25, -0.2) is 0 Å². The molecule has 0 bridgehead atoms. The molecule has 0 aromatic heterocycles. The molecule has 1 aromatic rings. The van der Waals surface area contributed by atoms with Crippen LogP contribution in [-0.2, 0) is 0 Å². The normalized spacial score (nSPS) is 21.6. The van der Waals surface area contributed by atoms with Crippen LogP contribution < -0.4 is 10.6 Å². The van der Waals surface area contributed by atoms with Crippen LogP contribution in [0.1, 0.15) is 11.6 Å². The molecule has 2 rings (SSSR count). The Hall–Kier alpha value is -0.480. The van der Waals surface area contributed by atoms with Gasteiger partial charge in [-0.1, -0.05) is 23.2 Å². The van der Waals surface area contributed by atoms with E-state index in [9.17, 15) is 5.11 Å². The Bertz CT molecular complexity index is 365. The SMILES string of the molecule is Oc1c(Cl)cc(Cl)cc1[C@H]1CNCCN1. The molecule has 82 valence electrons. The summed E-state index contributed by atoms with van der Waals surface area (Å²) in [7, 11) is 0. The van der Waals surface area contributed by atoms with Crippen LogP contribution in [0.2, 0.25) is 10.0 Å². The van der Waals surface area contributed by atoms with E-state index in [0.29, 0.717) is 10.0 Å². The number of halogens is 2. The van der Waals surface area contributed by atoms with Gasteiger partial charge in [0.15, 0.2) is 0 Å². The van der Waals surface area contributed by atoms with Gasteiger partial charge in [0.05, 0.1) is 5.02 Å². The number of hydrogen-bond donors (Lipinski definition) is 3. The number of hydrogen-bond acceptors (Lipinski definition) is 3. The topological polar surface area (TPSA) is 44.3 Å². The average molecular weight is 247 g/mol. The van der Waals surface area contributed by atoms with Gasteiger partial charge >= 0.3 is 0 Å². The molecule has 0 saturated carbocycles. The largest absolute Gasteiger partial charge is 0.506 e. The molecule has 1 aliphatic rings. The molecular formula is C10H12Cl2N2O. The average Bonchev–Trinajstić information content (AvgIpc) is 2.24. The van der Waals surface area contributed by atoms with E-state index in [1.807, 2.05) is 0 Å². The van der Waals surface area contributed by atoms with E-state index in [4.69, 9.17) is 23.2 Å². The summed E-state index contributed by atoms with van der Waals surface area (Å²) in [5.41, 5.74) is 0.750. The van der Waals surface area contributed by atoms with Gasteiger partial charge in [0, 0.05) is 36.3 Å². The quantitative estimate of drug-likeness (QED) is 0.710. The summed E-state index contributed by atoms with van der Waals surface area (Å²) in [6.07, 6.45) is 0. The number of phenols is 1. The third-order valence-electron chi connectivity index (χ3n) is 2.47. The van der Waals surface area contributed by atoms with Crippen LogP contribution in [0.5, 0.6) is 5.75 Å². The fraction of sp³-hybridized carbons (Fsp3) is 0.400. The molecule has 5 heteroatoms. The molecule has 0 unspecified atom stereocenters. The summed E-state index contributed by atoms with van der Waals surface area (Å²) in [6.45, 7) is 2.57. The van der Waals surface area contributed by atoms with Gasteiger partial charge in [-0.15, -0.1) is 0 Å². The molecule has 1 fully saturated rings. The highest BCUT2D eigenvalue weighted by Crippen LogP contribution is 2.34. The number of rotatable bonds is 1. The number of piperazine rings is 1. The van der Waals surface area contributed by atoms with Crippen molar-refractivity contribution in [1.82, 2.24) is 10.6 Å². The van der Waals surface area contributed by atoms with Gasteiger partial charge < -0.3 is 15.7 Å². The molecule has 1 saturated heterocycles. The molecule has 1 aromatic carbocycles. The summed E-state index contributed by atoms with van der Waals surface area (Å²) in [5.74, 6) is 0.113. The van der Waals surface area contributed by atoms with E-state index in [2.05, 4.69) is 10.6 Å². The fourth-order valence-corrected chi connectivity index (χ4v) is 2.23. The van der Waals surface area contributed by atoms with Crippen molar-refractivity contribution in [2.24, 2.45) is 0 Å². The second-order valence-corrected chi connectivity index (χ2v) is 4.38. The second kappa shape index (κ2) is 4.58. The maximum absolute atomic E-state index is 9.82. The molecule has 3 nitrogen and oxygen atoms in total. The minimum Gasteiger partial charge on any atom is -0.506 e. The van der Waals surface area contributed by atoms with Crippen molar-refractivity contribution in [2.75, 3.05) is 19.6 Å². The Morgan fingerprint density at radius 2 is 2.07 bits per heavy atom. The van der Waals surface area contributed by atoms with Crippen LogP contribution in [0.4, 0.5) is 0 Å². The first-order valence-electron chi connectivity index (χ1n) is 4.80. The molecular weight excluding hydrogens is 235 g/mol. The molecule has 0 amide bonds. The molecule has 15 heavy (non-hydrogen) atoms. The minimum atomic E-state index is 0.0648. The predicted molar refractivity (Wildman–Crippen MR) is 61.7 cm³/mol. The van der Waals surface area contributed by atoms with Crippen molar-refractivity contribution in [3.8, 4) is 5.75 Å². The first kappa shape index (κ1) is 11.0. The highest BCUT2D eigenvalue weighted by Gasteiger charge is 2.19. The molecule has 1 aliphatic heterocycles. The van der Waals surface area contributed by atoms with Crippen LogP contribution in [0.3, 0.4) is 0 Å². The maximum atomic E-state index is 9.82. The minimum absolute atomic E-state index is 0.0648. The maximum Gasteiger partial charge on any atom is 0.139 e. The zero-order valence-electron chi connectivity index (χ0n) is 8.06. The van der Waals surface area contributed by atoms with Gasteiger partial charge in [0.2, 0.25) is 0 Å². The van der Waals surface area contributed by atoms with E-state index in [1.165, 1.54) is 6.07 Å². The lowest BCUT2D eigenvalue weighted by atomic mass is 10.0. The number of nitrogens with one attached hydrogen (secondary N) is 2. The molecule has 0 aliphatic carbocycles. The Labute approximate surface area is 98.4 Å². The Kier molecular flexibility index (Phi) is 3.36. The van der Waals surface area contributed by atoms with E-state index >= 15 is 0 Å². The van der Waals surface area contributed by atoms with Crippen LogP contribution in [-0.4, -0.2) is 24.7 Å². The third-order valence-corrected chi connectivity index (χ3v) is 2.98. The lowest BCUT2D eigenvalue weighted by molar-refractivity contribution is 0.404. The van der Waals surface area contributed by atoms with Gasteiger partial charge in [0.1, 0.15) is 5.75 Å². The molecule has 3 N–H and O–H groups in total. The van der Waals surface area contributed by atoms with Crippen LogP contribution >= 0.6 is 23.2 Å². The van der Waals surface area contributed by atoms with Crippen LogP contribution in [0.15, 0.2) is 12.1 Å². The fourth-order valence-electron chi connectivity index (χ4n) is 1.72. The third kappa shape index (κ3) is 2.37. The predicted octanol–water partition coefficient (Wildman–Crippen LogP) is 1.93. The molecule has 1 atom stereocenters. The van der Waals surface area contributed by atoms with E-state index in [-0.39, 0.29) is 11.8 Å². The number of benzene rings is 1. The summed E-state index contributed by atoms with van der Waals surface area (Å²) in [6, 6.07) is 3.35. The monoisotopic (exact) mass is 246 g/mol. The van der Waals surface area contributed by atoms with Gasteiger partial charge in [-0.3, -0.25) is 0 Å². The van der Waals surface area contributed by atoms with Gasteiger partial charge in [0.25, 0.3) is 0 Å². The number of phenolic OH excluding ortho intramolecular Hbond substituents is 1. The van der Waals surface area contributed by atoms with Crippen molar-refractivity contribution in [3.63, 3.8) is 0 Å². The van der Waals surface area contributed by atoms with Crippen molar-refractivity contribution in [3.05, 3.63) is 27.7 Å². The highest BCUT2D eigenvalue weighted by atomic mass is 35.5. The molecule has 1 heterocycles. The summed E-state index contributed by atoms with van der Waals surface area (Å²) < 4.78 is 0. The Balaban J connectivity index is 2.33. The van der Waals surface area contributed by atoms with Crippen molar-refractivity contribution < 1.29 is 5.11 Å². The van der Waals surface area contributed by atoms with E-state index in [1.54, 1.807) is 6.07 Å². The second-order valence-electron chi connectivity index (χ2n) is 3.54. The lowest BCUT2D eigenvalue weighted by Crippen LogP contribution is -2.42. The van der Waals surface area contributed by atoms with Gasteiger partial charge in [-0.05, 0) is 12.1 Å². The first-order chi connectivity index (χ1) is 7.18. The highest BCUT2D eigenvalue weighted by molar-refractivity contribution is 6.35. The van der Waals surface area contributed by atoms with Crippen LogP contribution in [0, 0.1) is 0 Å². The Morgan fingerprint density at radius 3 is 2.73 bits per heavy atom. The molecule has 0 spiro atoms. The van der Waals surface area contributed by atoms with Crippen molar-refractivity contribution in [2.45, 2.75) is 6.04 Å². The lowest BCUT2D eigenvalue weighted by Gasteiger charge is -2.25. The first-order valence-corrected chi connectivity index (χ1v) is 5.56. The molecule has 0 radical (unpaired) electrons. The van der Waals surface area contributed by atoms with E-state index < -0.39 is 0 Å². The number of aromatic hydroxyl groups is 1. The van der Waals surface area contributed by atoms with Crippen LogP contribution in [0.25, 0.3) is 0 Å². The zero-order chi connectivity index (χ0) is 10.8. The zero-order valence-corrected chi connectivity index (χ0v) is 9.57. The summed E-state index contributed by atoms with van der Waals surface area (Å²) >= 11 is 11.8. The van der Waals surface area contributed by atoms with Crippen molar-refractivity contribution in [1.29, 1.82) is 0 Å². The van der Waals surface area contributed by atoms with Crippen molar-refractivity contribution >= 4 is 23.2 Å². The Morgan fingerprint density at radius 1 is 1.27 bits per heavy atom. The van der Waals surface area contributed by atoms with Gasteiger partial charge in [-0.2, -0.15) is 0 Å². The standard InChI is InChI=1S/C10H12Cl2N2O/c11-6-3-7(10(15)8(12)4-6)9-5-13-1-2-14-9/h3-4,9,13-15H,1-2,5H2/t9-/m1/s1. The van der Waals surface area contributed by atoms with E-state index in [0.717, 1.165) is 25.2 Å². The summed E-state index contributed by atoms with van der Waals surface area (Å²) in [5, 5.41) is 17.2.